The van der Waals surface area contributed by atoms with Crippen molar-refractivity contribution in [1.82, 2.24) is 0 Å². The van der Waals surface area contributed by atoms with Gasteiger partial charge in [-0.15, -0.1) is 0 Å². The molecule has 0 rings (SSSR count). The first-order valence-corrected chi connectivity index (χ1v) is 20.3. The molecule has 1 N–H and O–H groups in total. The Bertz CT molecular complexity index is 1250. The van der Waals surface area contributed by atoms with E-state index in [1.165, 1.54) is 45.3 Å². The molecule has 2 unspecified atom stereocenters. The van der Waals surface area contributed by atoms with Crippen molar-refractivity contribution in [3.05, 3.63) is 8.25 Å². The zero-order valence-corrected chi connectivity index (χ0v) is 30.9. The van der Waals surface area contributed by atoms with Crippen LogP contribution in [0.15, 0.2) is 0 Å². The van der Waals surface area contributed by atoms with Crippen molar-refractivity contribution in [1.29, 1.82) is 0 Å². The predicted octanol–water partition coefficient (Wildman–Crippen LogP) is 3.71. The zero-order valence-electron chi connectivity index (χ0n) is 27.6. The van der Waals surface area contributed by atoms with Crippen LogP contribution in [0.25, 0.3) is 8.25 Å². The fourth-order valence-electron chi connectivity index (χ4n) is 3.34. The first kappa shape index (κ1) is 53.2. The first-order chi connectivity index (χ1) is 21.6. The molecule has 0 heterocycles. The topological polar surface area (TPSA) is 169 Å². The minimum absolute atomic E-state index is 0.937. The number of hydrogen-bond acceptors (Lipinski definition) is 8. The minimum atomic E-state index is -5.56. The van der Waals surface area contributed by atoms with Crippen molar-refractivity contribution >= 4 is 40.1 Å². The molecule has 0 aromatic carbocycles. The lowest BCUT2D eigenvalue weighted by molar-refractivity contribution is -0.934. The number of hydrogen-bond donors (Lipinski definition) is 1. The first-order valence-electron chi connectivity index (χ1n) is 13.9. The SMILES string of the molecule is CCCCC(CC)C[NH+](C)CC[N+](C)(C)C.O=S(=O)(CC(F)(F)F)[N-]S(=O)(=O)CC(F)(F)F.O=S(=O)(CC(F)(F)F)[N-]S(=O)(=O)CC(F)(F)F. The zero-order chi connectivity index (χ0) is 40.8. The Balaban J connectivity index is -0.000000663. The van der Waals surface area contributed by atoms with E-state index in [1.807, 2.05) is 0 Å². The summed E-state index contributed by atoms with van der Waals surface area (Å²) in [6, 6.07) is 0. The Labute approximate surface area is 284 Å². The monoisotopic (exact) mass is 846 g/mol. The van der Waals surface area contributed by atoms with Gasteiger partial charge in [-0.3, -0.25) is 0 Å². The Morgan fingerprint density at radius 1 is 0.580 bits per heavy atom. The standard InChI is InChI=1S/C14H33N2.2C4H4F6NO4S2/c1-7-9-10-14(8-2)13-15(3)11-12-16(4,5)6;2*5-3(6,7)1-16(12,13)11-17(14,15)2-4(8,9)10/h14H,7-13H2,1-6H3;2*1-2H2/q+1;2*-1/p+1. The van der Waals surface area contributed by atoms with Crippen LogP contribution < -0.4 is 4.90 Å². The molecule has 0 aliphatic carbocycles. The van der Waals surface area contributed by atoms with Crippen LogP contribution in [0.3, 0.4) is 0 Å². The van der Waals surface area contributed by atoms with Gasteiger partial charge in [-0.2, -0.15) is 52.7 Å². The van der Waals surface area contributed by atoms with E-state index >= 15 is 0 Å². The van der Waals surface area contributed by atoms with Crippen LogP contribution in [0.1, 0.15) is 39.5 Å². The molecule has 0 fully saturated rings. The fourth-order valence-corrected chi connectivity index (χ4v) is 8.61. The summed E-state index contributed by atoms with van der Waals surface area (Å²) in [7, 11) is -13.0. The molecule has 28 heteroatoms. The van der Waals surface area contributed by atoms with Crippen molar-refractivity contribution < 1.29 is 95.7 Å². The van der Waals surface area contributed by atoms with Crippen molar-refractivity contribution in [2.24, 2.45) is 5.92 Å². The molecule has 0 saturated carbocycles. The Hall–Kier alpha value is -1.20. The lowest BCUT2D eigenvalue weighted by Crippen LogP contribution is -3.10. The molecule has 0 saturated heterocycles. The Morgan fingerprint density at radius 3 is 1.06 bits per heavy atom. The highest BCUT2D eigenvalue weighted by atomic mass is 32.3. The number of halogens is 12. The molecule has 0 spiro atoms. The minimum Gasteiger partial charge on any atom is -0.436 e. The van der Waals surface area contributed by atoms with Crippen molar-refractivity contribution in [3.63, 3.8) is 0 Å². The van der Waals surface area contributed by atoms with E-state index < -0.39 is 87.8 Å². The van der Waals surface area contributed by atoms with Gasteiger partial charge in [0.2, 0.25) is 0 Å². The van der Waals surface area contributed by atoms with Crippen LogP contribution in [-0.4, -0.2) is 134 Å². The average Bonchev–Trinajstić information content (AvgIpc) is 2.72. The summed E-state index contributed by atoms with van der Waals surface area (Å²) >= 11 is 0. The maximum absolute atomic E-state index is 11.6. The smallest absolute Gasteiger partial charge is 0.401 e. The lowest BCUT2D eigenvalue weighted by Gasteiger charge is -2.27. The maximum atomic E-state index is 11.6. The highest BCUT2D eigenvalue weighted by molar-refractivity contribution is 8.12. The van der Waals surface area contributed by atoms with E-state index in [0.717, 1.165) is 10.4 Å². The Morgan fingerprint density at radius 2 is 0.860 bits per heavy atom. The van der Waals surface area contributed by atoms with E-state index in [9.17, 15) is 86.4 Å². The second-order valence-electron chi connectivity index (χ2n) is 11.9. The van der Waals surface area contributed by atoms with Gasteiger partial charge < -0.3 is 17.6 Å². The van der Waals surface area contributed by atoms with Gasteiger partial charge in [-0.05, 0) is 12.8 Å². The molecule has 0 aliphatic rings. The molecule has 0 aromatic heterocycles. The number of quaternary nitrogens is 2. The summed E-state index contributed by atoms with van der Waals surface area (Å²) in [4.78, 5) is 1.70. The van der Waals surface area contributed by atoms with Crippen molar-refractivity contribution in [2.75, 3.05) is 70.8 Å². The third-order valence-corrected chi connectivity index (χ3v) is 11.6. The number of likely N-dealkylation sites (N-methyl/N-ethyl adjacent to an activating group) is 2. The molecule has 306 valence electrons. The van der Waals surface area contributed by atoms with Crippen LogP contribution in [-0.2, 0) is 40.1 Å². The predicted molar refractivity (Wildman–Crippen MR) is 159 cm³/mol. The summed E-state index contributed by atoms with van der Waals surface area (Å²) < 4.78 is 228. The highest BCUT2D eigenvalue weighted by Crippen LogP contribution is 2.27. The van der Waals surface area contributed by atoms with E-state index in [2.05, 4.69) is 42.0 Å². The van der Waals surface area contributed by atoms with Crippen molar-refractivity contribution in [3.8, 4) is 0 Å². The van der Waals surface area contributed by atoms with Gasteiger partial charge in [0.25, 0.3) is 0 Å². The molecule has 0 bridgehead atoms. The molecule has 50 heavy (non-hydrogen) atoms. The lowest BCUT2D eigenvalue weighted by atomic mass is 9.99. The number of nitrogens with one attached hydrogen (secondary N) is 1. The normalized spacial score (nSPS) is 15.3. The van der Waals surface area contributed by atoms with Gasteiger partial charge >= 0.3 is 24.7 Å². The number of alkyl halides is 12. The van der Waals surface area contributed by atoms with Crippen LogP contribution >= 0.6 is 0 Å². The van der Waals surface area contributed by atoms with Crippen LogP contribution in [0, 0.1) is 5.92 Å². The van der Waals surface area contributed by atoms with E-state index in [4.69, 9.17) is 0 Å². The molecule has 2 atom stereocenters. The number of nitrogens with zero attached hydrogens (tertiary/aromatic N) is 3. The van der Waals surface area contributed by atoms with Gasteiger partial charge in [0.15, 0.2) is 0 Å². The summed E-state index contributed by atoms with van der Waals surface area (Å²) in [5, 5.41) is 0. The van der Waals surface area contributed by atoms with Gasteiger partial charge in [-0.25, -0.2) is 33.7 Å². The van der Waals surface area contributed by atoms with Crippen molar-refractivity contribution in [2.45, 2.75) is 64.2 Å². The number of unbranched alkanes of at least 4 members (excludes halogenated alkanes) is 1. The molecule has 0 aromatic rings. The quantitative estimate of drug-likeness (QED) is 0.171. The summed E-state index contributed by atoms with van der Waals surface area (Å²) in [5.41, 5.74) is 0. The van der Waals surface area contributed by atoms with Gasteiger partial charge in [0, 0.05) is 5.92 Å². The number of rotatable bonds is 17. The fraction of sp³-hybridized carbons (Fsp3) is 1.00. The van der Waals surface area contributed by atoms with Crippen LogP contribution in [0.2, 0.25) is 0 Å². The van der Waals surface area contributed by atoms with E-state index in [0.29, 0.717) is 0 Å². The third-order valence-electron chi connectivity index (χ3n) is 5.23. The van der Waals surface area contributed by atoms with E-state index in [-0.39, 0.29) is 0 Å². The molecule has 12 nitrogen and oxygen atoms in total. The van der Waals surface area contributed by atoms with Gasteiger partial charge in [0.1, 0.15) is 36.1 Å². The summed E-state index contributed by atoms with van der Waals surface area (Å²) in [6.45, 7) is 8.56. The summed E-state index contributed by atoms with van der Waals surface area (Å²) in [5.74, 6) is -9.63. The maximum Gasteiger partial charge on any atom is 0.401 e. The van der Waals surface area contributed by atoms with Crippen LogP contribution in [0.4, 0.5) is 52.7 Å². The third kappa shape index (κ3) is 38.0. The second-order valence-corrected chi connectivity index (χ2v) is 18.9. The molecule has 0 amide bonds. The highest BCUT2D eigenvalue weighted by Gasteiger charge is 2.37. The molecular formula is C22H42F12N4O8S4. The largest absolute Gasteiger partial charge is 0.436 e. The molecular weight excluding hydrogens is 805 g/mol. The Kier molecular flexibility index (Phi) is 21.6. The number of sulfonamides is 4. The molecule has 0 radical (unpaired) electrons. The average molecular weight is 847 g/mol. The second kappa shape index (κ2) is 20.3. The molecule has 0 aliphatic heterocycles. The van der Waals surface area contributed by atoms with Gasteiger partial charge in [0.05, 0.1) is 74.8 Å². The van der Waals surface area contributed by atoms with Gasteiger partial charge in [-0.1, -0.05) is 26.7 Å². The van der Waals surface area contributed by atoms with Crippen LogP contribution in [0.5, 0.6) is 0 Å². The summed E-state index contributed by atoms with van der Waals surface area (Å²) in [6.07, 6.45) is -15.7. The van der Waals surface area contributed by atoms with E-state index in [1.54, 1.807) is 13.2 Å².